The molecule has 0 heterocycles. The standard InChI is InChI=1S/C20H22F2/c1-6-18-12-16(3)13-19(14-18)11-10-15(2)8-7-9-17(4)20(5,21)22/h6-14H,1-2H2,3-5H3/b8-7-,11-10+,17-9+. The lowest BCUT2D eigenvalue weighted by atomic mass is 10.1. The van der Waals surface area contributed by atoms with Crippen LogP contribution in [0.3, 0.4) is 0 Å². The van der Waals surface area contributed by atoms with E-state index in [0.29, 0.717) is 0 Å². The van der Waals surface area contributed by atoms with Crippen LogP contribution < -0.4 is 0 Å². The first-order valence-corrected chi connectivity index (χ1v) is 7.07. The molecule has 0 amide bonds. The van der Waals surface area contributed by atoms with Gasteiger partial charge in [0.1, 0.15) is 0 Å². The molecule has 0 saturated carbocycles. The van der Waals surface area contributed by atoms with Crippen LogP contribution in [0.1, 0.15) is 30.5 Å². The van der Waals surface area contributed by atoms with Crippen molar-refractivity contribution in [3.05, 3.63) is 83.5 Å². The Labute approximate surface area is 131 Å². The number of allylic oxidation sites excluding steroid dienone is 6. The minimum Gasteiger partial charge on any atom is -0.202 e. The minimum atomic E-state index is -2.79. The maximum Gasteiger partial charge on any atom is 0.266 e. The van der Waals surface area contributed by atoms with Crippen molar-refractivity contribution in [2.24, 2.45) is 0 Å². The summed E-state index contributed by atoms with van der Waals surface area (Å²) in [4.78, 5) is 0. The average Bonchev–Trinajstić information content (AvgIpc) is 2.43. The van der Waals surface area contributed by atoms with Crippen molar-refractivity contribution in [2.45, 2.75) is 26.7 Å². The molecule has 1 rings (SSSR count). The summed E-state index contributed by atoms with van der Waals surface area (Å²) >= 11 is 0. The van der Waals surface area contributed by atoms with Crippen molar-refractivity contribution in [2.75, 3.05) is 0 Å². The molecule has 0 aliphatic rings. The number of hydrogen-bond donors (Lipinski definition) is 0. The number of aryl methyl sites for hydroxylation is 1. The largest absolute Gasteiger partial charge is 0.266 e. The van der Waals surface area contributed by atoms with Gasteiger partial charge in [-0.05, 0) is 47.8 Å². The Morgan fingerprint density at radius 2 is 1.77 bits per heavy atom. The summed E-state index contributed by atoms with van der Waals surface area (Å²) in [5, 5.41) is 0. The van der Waals surface area contributed by atoms with E-state index in [0.717, 1.165) is 29.2 Å². The lowest BCUT2D eigenvalue weighted by Gasteiger charge is -2.08. The summed E-state index contributed by atoms with van der Waals surface area (Å²) in [5.74, 6) is -2.79. The zero-order chi connectivity index (χ0) is 16.8. The van der Waals surface area contributed by atoms with Crippen LogP contribution in [0.4, 0.5) is 8.78 Å². The SMILES string of the molecule is C=Cc1cc(C)cc(/C=C/C(=C)/C=C\C=C(/C)C(C)(F)F)c1. The van der Waals surface area contributed by atoms with Gasteiger partial charge in [0.2, 0.25) is 0 Å². The predicted octanol–water partition coefficient (Wildman–Crippen LogP) is 6.37. The maximum atomic E-state index is 13.0. The summed E-state index contributed by atoms with van der Waals surface area (Å²) in [5.41, 5.74) is 4.03. The topological polar surface area (TPSA) is 0 Å². The van der Waals surface area contributed by atoms with Crippen LogP contribution in [-0.4, -0.2) is 5.92 Å². The summed E-state index contributed by atoms with van der Waals surface area (Å²) in [7, 11) is 0. The molecular formula is C20H22F2. The van der Waals surface area contributed by atoms with Gasteiger partial charge in [0.15, 0.2) is 0 Å². The Morgan fingerprint density at radius 1 is 1.14 bits per heavy atom. The third kappa shape index (κ3) is 6.04. The molecule has 0 fully saturated rings. The van der Waals surface area contributed by atoms with E-state index in [1.165, 1.54) is 13.0 Å². The fourth-order valence-electron chi connectivity index (χ4n) is 1.78. The molecule has 0 aliphatic carbocycles. The van der Waals surface area contributed by atoms with E-state index in [-0.39, 0.29) is 5.57 Å². The van der Waals surface area contributed by atoms with Gasteiger partial charge in [-0.2, -0.15) is 0 Å². The molecule has 0 spiro atoms. The average molecular weight is 300 g/mol. The lowest BCUT2D eigenvalue weighted by Crippen LogP contribution is -2.10. The van der Waals surface area contributed by atoms with E-state index in [9.17, 15) is 8.78 Å². The Kier molecular flexibility index (Phi) is 6.24. The van der Waals surface area contributed by atoms with Gasteiger partial charge in [-0.3, -0.25) is 0 Å². The van der Waals surface area contributed by atoms with Crippen LogP contribution >= 0.6 is 0 Å². The third-order valence-electron chi connectivity index (χ3n) is 3.20. The fourth-order valence-corrected chi connectivity index (χ4v) is 1.78. The third-order valence-corrected chi connectivity index (χ3v) is 3.20. The second-order valence-corrected chi connectivity index (χ2v) is 5.39. The van der Waals surface area contributed by atoms with E-state index in [1.54, 1.807) is 18.2 Å². The highest BCUT2D eigenvalue weighted by molar-refractivity contribution is 5.60. The number of hydrogen-bond acceptors (Lipinski definition) is 0. The molecule has 1 aromatic carbocycles. The second-order valence-electron chi connectivity index (χ2n) is 5.39. The number of benzene rings is 1. The summed E-state index contributed by atoms with van der Waals surface area (Å²) in [6.45, 7) is 12.0. The number of alkyl halides is 2. The molecule has 0 N–H and O–H groups in total. The molecule has 0 radical (unpaired) electrons. The fraction of sp³-hybridized carbons (Fsp3) is 0.200. The van der Waals surface area contributed by atoms with Crippen molar-refractivity contribution in [1.82, 2.24) is 0 Å². The normalized spacial score (nSPS) is 13.0. The van der Waals surface area contributed by atoms with Gasteiger partial charge in [0.25, 0.3) is 5.92 Å². The minimum absolute atomic E-state index is 0.0230. The first-order chi connectivity index (χ1) is 10.2. The van der Waals surface area contributed by atoms with Gasteiger partial charge >= 0.3 is 0 Å². The van der Waals surface area contributed by atoms with Crippen molar-refractivity contribution < 1.29 is 8.78 Å². The second kappa shape index (κ2) is 7.69. The lowest BCUT2D eigenvalue weighted by molar-refractivity contribution is 0.0635. The molecule has 0 atom stereocenters. The van der Waals surface area contributed by atoms with Gasteiger partial charge in [-0.15, -0.1) is 0 Å². The molecule has 22 heavy (non-hydrogen) atoms. The zero-order valence-electron chi connectivity index (χ0n) is 13.4. The molecule has 1 aromatic rings. The molecule has 0 aliphatic heterocycles. The molecule has 0 saturated heterocycles. The summed E-state index contributed by atoms with van der Waals surface area (Å²) in [6, 6.07) is 6.13. The van der Waals surface area contributed by atoms with Gasteiger partial charge in [-0.1, -0.05) is 61.7 Å². The Bertz CT molecular complexity index is 638. The number of halogens is 2. The van der Waals surface area contributed by atoms with E-state index in [4.69, 9.17) is 0 Å². The van der Waals surface area contributed by atoms with Gasteiger partial charge < -0.3 is 0 Å². The monoisotopic (exact) mass is 300 g/mol. The van der Waals surface area contributed by atoms with Crippen molar-refractivity contribution in [1.29, 1.82) is 0 Å². The molecule has 0 aromatic heterocycles. The van der Waals surface area contributed by atoms with Crippen molar-refractivity contribution >= 4 is 12.2 Å². The molecule has 116 valence electrons. The molecule has 0 nitrogen and oxygen atoms in total. The van der Waals surface area contributed by atoms with Crippen LogP contribution in [0.15, 0.2) is 66.8 Å². The molecule has 2 heteroatoms. The quantitative estimate of drug-likeness (QED) is 0.536. The first kappa shape index (κ1) is 17.8. The van der Waals surface area contributed by atoms with E-state index >= 15 is 0 Å². The van der Waals surface area contributed by atoms with Crippen molar-refractivity contribution in [3.63, 3.8) is 0 Å². The van der Waals surface area contributed by atoms with Crippen LogP contribution in [-0.2, 0) is 0 Å². The predicted molar refractivity (Wildman–Crippen MR) is 93.0 cm³/mol. The molecular weight excluding hydrogens is 278 g/mol. The molecule has 0 bridgehead atoms. The summed E-state index contributed by atoms with van der Waals surface area (Å²) in [6.07, 6.45) is 10.3. The van der Waals surface area contributed by atoms with E-state index in [1.807, 2.05) is 25.1 Å². The van der Waals surface area contributed by atoms with Gasteiger partial charge in [0, 0.05) is 6.92 Å². The van der Waals surface area contributed by atoms with Crippen LogP contribution in [0.5, 0.6) is 0 Å². The Balaban J connectivity index is 2.77. The van der Waals surface area contributed by atoms with Crippen molar-refractivity contribution in [3.8, 4) is 0 Å². The highest BCUT2D eigenvalue weighted by atomic mass is 19.3. The highest BCUT2D eigenvalue weighted by Gasteiger charge is 2.22. The number of rotatable bonds is 6. The smallest absolute Gasteiger partial charge is 0.202 e. The zero-order valence-corrected chi connectivity index (χ0v) is 13.4. The Morgan fingerprint density at radius 3 is 2.36 bits per heavy atom. The summed E-state index contributed by atoms with van der Waals surface area (Å²) < 4.78 is 25.9. The van der Waals surface area contributed by atoms with Crippen LogP contribution in [0, 0.1) is 6.92 Å². The van der Waals surface area contributed by atoms with Crippen LogP contribution in [0.25, 0.3) is 12.2 Å². The Hall–Kier alpha value is -2.22. The first-order valence-electron chi connectivity index (χ1n) is 7.07. The van der Waals surface area contributed by atoms with Crippen LogP contribution in [0.2, 0.25) is 0 Å². The van der Waals surface area contributed by atoms with E-state index in [2.05, 4.69) is 25.3 Å². The highest BCUT2D eigenvalue weighted by Crippen LogP contribution is 2.22. The van der Waals surface area contributed by atoms with Gasteiger partial charge in [0.05, 0.1) is 0 Å². The molecule has 0 unspecified atom stereocenters. The van der Waals surface area contributed by atoms with Gasteiger partial charge in [-0.25, -0.2) is 8.78 Å². The van der Waals surface area contributed by atoms with E-state index < -0.39 is 5.92 Å². The maximum absolute atomic E-state index is 13.0.